The molecule has 0 aromatic heterocycles. The average molecular weight is 180 g/mol. The van der Waals surface area contributed by atoms with Gasteiger partial charge in [-0.3, -0.25) is 4.79 Å². The Labute approximate surface area is 55.3 Å². The van der Waals surface area contributed by atoms with Gasteiger partial charge in [-0.15, -0.1) is 0 Å². The van der Waals surface area contributed by atoms with Crippen molar-refractivity contribution >= 4 is 21.9 Å². The zero-order valence-corrected chi connectivity index (χ0v) is 5.72. The normalized spacial score (nSPS) is 37.5. The molecule has 0 saturated carbocycles. The second-order valence-corrected chi connectivity index (χ2v) is 2.71. The number of hydrogen-bond donors (Lipinski definition) is 1. The molecule has 1 aliphatic heterocycles. The van der Waals surface area contributed by atoms with Gasteiger partial charge in [-0.1, -0.05) is 0 Å². The highest BCUT2D eigenvalue weighted by atomic mass is 79.9. The molecule has 4 heteroatoms. The molecule has 2 atom stereocenters. The topological polar surface area (TPSA) is 52.3 Å². The molecule has 0 amide bonds. The van der Waals surface area contributed by atoms with Crippen LogP contribution in [0.4, 0.5) is 0 Å². The Balaban J connectivity index is 2.51. The molecule has 1 aliphatic rings. The van der Waals surface area contributed by atoms with Crippen molar-refractivity contribution in [3.8, 4) is 0 Å². The van der Waals surface area contributed by atoms with E-state index in [0.717, 1.165) is 0 Å². The van der Waals surface area contributed by atoms with Crippen molar-refractivity contribution in [2.45, 2.75) is 17.5 Å². The zero-order chi connectivity index (χ0) is 6.15. The summed E-state index contributed by atoms with van der Waals surface area (Å²) >= 11 is 3.10. The van der Waals surface area contributed by atoms with Crippen LogP contribution in [-0.4, -0.2) is 17.0 Å². The Morgan fingerprint density at radius 1 is 1.88 bits per heavy atom. The van der Waals surface area contributed by atoms with E-state index in [1.165, 1.54) is 0 Å². The second-order valence-electron chi connectivity index (χ2n) is 1.69. The number of nitrogens with two attached hydrogens (primary N) is 1. The Kier molecular flexibility index (Phi) is 1.53. The minimum atomic E-state index is -0.417. The molecule has 1 saturated heterocycles. The van der Waals surface area contributed by atoms with Crippen molar-refractivity contribution in [2.75, 3.05) is 0 Å². The first-order chi connectivity index (χ1) is 3.70. The Hall–Kier alpha value is -0.0900. The maximum Gasteiger partial charge on any atom is 0.324 e. The molecule has 2 N–H and O–H groups in total. The number of esters is 1. The van der Waals surface area contributed by atoms with Crippen LogP contribution in [0.1, 0.15) is 6.42 Å². The van der Waals surface area contributed by atoms with Gasteiger partial charge in [0.2, 0.25) is 0 Å². The Morgan fingerprint density at radius 2 is 2.50 bits per heavy atom. The molecule has 0 spiro atoms. The summed E-state index contributed by atoms with van der Waals surface area (Å²) in [6, 6.07) is -0.417. The van der Waals surface area contributed by atoms with Crippen LogP contribution in [0.25, 0.3) is 0 Å². The summed E-state index contributed by atoms with van der Waals surface area (Å²) in [4.78, 5) is 10.4. The van der Waals surface area contributed by atoms with Crippen molar-refractivity contribution in [2.24, 2.45) is 5.73 Å². The molecule has 0 bridgehead atoms. The fourth-order valence-electron chi connectivity index (χ4n) is 0.557. The molecule has 0 radical (unpaired) electrons. The second kappa shape index (κ2) is 2.03. The lowest BCUT2D eigenvalue weighted by atomic mass is 10.3. The third-order valence-corrected chi connectivity index (χ3v) is 1.55. The van der Waals surface area contributed by atoms with Gasteiger partial charge in [0.05, 0.1) is 0 Å². The minimum Gasteiger partial charge on any atom is -0.449 e. The number of rotatable bonds is 0. The lowest BCUT2D eigenvalue weighted by Gasteiger charge is -1.93. The molecule has 3 nitrogen and oxygen atoms in total. The van der Waals surface area contributed by atoms with E-state index in [4.69, 9.17) is 5.73 Å². The van der Waals surface area contributed by atoms with Crippen molar-refractivity contribution < 1.29 is 9.53 Å². The standard InChI is InChI=1S/C4H6BrNO2/c5-3-1-2(6)4(7)8-3/h2-3H,1,6H2. The van der Waals surface area contributed by atoms with Gasteiger partial charge in [0.25, 0.3) is 0 Å². The van der Waals surface area contributed by atoms with Crippen LogP contribution in [0.3, 0.4) is 0 Å². The fraction of sp³-hybridized carbons (Fsp3) is 0.750. The number of carbonyl (C=O) groups excluding carboxylic acids is 1. The summed E-state index contributed by atoms with van der Waals surface area (Å²) in [5.41, 5.74) is 5.26. The molecule has 1 rings (SSSR count). The first kappa shape index (κ1) is 6.04. The predicted molar refractivity (Wildman–Crippen MR) is 31.4 cm³/mol. The molecule has 0 aromatic carbocycles. The van der Waals surface area contributed by atoms with Gasteiger partial charge in [-0.05, 0) is 15.9 Å². The lowest BCUT2D eigenvalue weighted by molar-refractivity contribution is -0.139. The lowest BCUT2D eigenvalue weighted by Crippen LogP contribution is -2.24. The van der Waals surface area contributed by atoms with Crippen LogP contribution in [0.2, 0.25) is 0 Å². The summed E-state index contributed by atoms with van der Waals surface area (Å²) in [6.45, 7) is 0. The number of ether oxygens (including phenoxy) is 1. The van der Waals surface area contributed by atoms with Crippen LogP contribution in [0.5, 0.6) is 0 Å². The largest absolute Gasteiger partial charge is 0.449 e. The van der Waals surface area contributed by atoms with Gasteiger partial charge >= 0.3 is 5.97 Å². The summed E-state index contributed by atoms with van der Waals surface area (Å²) in [5, 5.41) is -0.162. The zero-order valence-electron chi connectivity index (χ0n) is 4.13. The third kappa shape index (κ3) is 1.00. The number of cyclic esters (lactones) is 1. The van der Waals surface area contributed by atoms with Gasteiger partial charge in [0, 0.05) is 6.42 Å². The van der Waals surface area contributed by atoms with Crippen LogP contribution in [-0.2, 0) is 9.53 Å². The minimum absolute atomic E-state index is 0.162. The van der Waals surface area contributed by atoms with Gasteiger partial charge < -0.3 is 10.5 Å². The van der Waals surface area contributed by atoms with Gasteiger partial charge in [0.15, 0.2) is 5.01 Å². The first-order valence-corrected chi connectivity index (χ1v) is 3.22. The SMILES string of the molecule is NC1CC(Br)OC1=O. The smallest absolute Gasteiger partial charge is 0.324 e. The number of halogens is 1. The molecular formula is C4H6BrNO2. The van der Waals surface area contributed by atoms with E-state index in [1.807, 2.05) is 0 Å². The highest BCUT2D eigenvalue weighted by molar-refractivity contribution is 9.09. The van der Waals surface area contributed by atoms with Crippen LogP contribution in [0, 0.1) is 0 Å². The van der Waals surface area contributed by atoms with E-state index in [2.05, 4.69) is 20.7 Å². The molecule has 8 heavy (non-hydrogen) atoms. The molecule has 0 aliphatic carbocycles. The Bertz CT molecular complexity index is 117. The quantitative estimate of drug-likeness (QED) is 0.421. The van der Waals surface area contributed by atoms with Crippen LogP contribution in [0.15, 0.2) is 0 Å². The number of hydrogen-bond acceptors (Lipinski definition) is 3. The highest BCUT2D eigenvalue weighted by Crippen LogP contribution is 2.17. The number of carbonyl (C=O) groups is 1. The maximum absolute atomic E-state index is 10.4. The van der Waals surface area contributed by atoms with Crippen molar-refractivity contribution in [3.05, 3.63) is 0 Å². The van der Waals surface area contributed by atoms with Crippen LogP contribution < -0.4 is 5.73 Å². The van der Waals surface area contributed by atoms with E-state index in [0.29, 0.717) is 6.42 Å². The summed E-state index contributed by atoms with van der Waals surface area (Å²) in [7, 11) is 0. The monoisotopic (exact) mass is 179 g/mol. The van der Waals surface area contributed by atoms with E-state index in [1.54, 1.807) is 0 Å². The van der Waals surface area contributed by atoms with Gasteiger partial charge in [0.1, 0.15) is 6.04 Å². The third-order valence-electron chi connectivity index (χ3n) is 0.986. The number of alkyl halides is 1. The molecule has 0 aromatic rings. The summed E-state index contributed by atoms with van der Waals surface area (Å²) < 4.78 is 4.63. The fourth-order valence-corrected chi connectivity index (χ4v) is 1.14. The maximum atomic E-state index is 10.4. The van der Waals surface area contributed by atoms with E-state index < -0.39 is 6.04 Å². The molecular weight excluding hydrogens is 174 g/mol. The molecule has 46 valence electrons. The predicted octanol–water partition coefficient (Wildman–Crippen LogP) is -0.0184. The van der Waals surface area contributed by atoms with Crippen LogP contribution >= 0.6 is 15.9 Å². The van der Waals surface area contributed by atoms with Gasteiger partial charge in [-0.2, -0.15) is 0 Å². The van der Waals surface area contributed by atoms with Crippen molar-refractivity contribution in [1.29, 1.82) is 0 Å². The molecule has 2 unspecified atom stereocenters. The molecule has 1 fully saturated rings. The van der Waals surface area contributed by atoms with E-state index >= 15 is 0 Å². The molecule has 1 heterocycles. The average Bonchev–Trinajstić information content (AvgIpc) is 1.85. The Morgan fingerprint density at radius 3 is 2.62 bits per heavy atom. The highest BCUT2D eigenvalue weighted by Gasteiger charge is 2.29. The van der Waals surface area contributed by atoms with Crippen molar-refractivity contribution in [3.63, 3.8) is 0 Å². The first-order valence-electron chi connectivity index (χ1n) is 2.30. The van der Waals surface area contributed by atoms with Gasteiger partial charge in [-0.25, -0.2) is 0 Å². The van der Waals surface area contributed by atoms with E-state index in [-0.39, 0.29) is 11.0 Å². The van der Waals surface area contributed by atoms with E-state index in [9.17, 15) is 4.79 Å². The summed E-state index contributed by atoms with van der Waals surface area (Å²) in [6.07, 6.45) is 0.582. The summed E-state index contributed by atoms with van der Waals surface area (Å²) in [5.74, 6) is -0.313. The van der Waals surface area contributed by atoms with Crippen molar-refractivity contribution in [1.82, 2.24) is 0 Å².